The number of morpholine rings is 1. The van der Waals surface area contributed by atoms with E-state index in [1.807, 2.05) is 68.5 Å². The largest absolute Gasteiger partial charge is 0.497 e. The number of nitrogens with zero attached hydrogens (tertiary/aromatic N) is 3. The number of carbonyl (C=O) groups excluding carboxylic acids is 3. The molecule has 2 saturated heterocycles. The highest BCUT2D eigenvalue weighted by Gasteiger charge is 2.62. The minimum atomic E-state index is -3.93. The van der Waals surface area contributed by atoms with Crippen molar-refractivity contribution < 1.29 is 46.9 Å². The van der Waals surface area contributed by atoms with Crippen LogP contribution >= 0.6 is 0 Å². The Morgan fingerprint density at radius 3 is 2.48 bits per heavy atom. The molecule has 2 aliphatic carbocycles. The molecule has 326 valence electrons. The molecule has 4 N–H and O–H groups in total. The number of sulfonamides is 1. The van der Waals surface area contributed by atoms with Gasteiger partial charge in [0.25, 0.3) is 5.91 Å². The number of allylic oxidation sites excluding steroid dienone is 1. The lowest BCUT2D eigenvalue weighted by Gasteiger charge is -2.32. The number of pyridine rings is 1. The van der Waals surface area contributed by atoms with Gasteiger partial charge in [0.2, 0.25) is 27.7 Å². The predicted molar refractivity (Wildman–Crippen MR) is 227 cm³/mol. The molecule has 0 unspecified atom stereocenters. The maximum Gasteiger partial charge on any atom is 0.405 e. The number of fused-ring (bicyclic) bond motifs is 3. The number of hydrogen-bond acceptors (Lipinski definition) is 11. The van der Waals surface area contributed by atoms with Gasteiger partial charge in [-0.1, -0.05) is 38.1 Å². The summed E-state index contributed by atoms with van der Waals surface area (Å²) in [5.41, 5.74) is 0.983. The summed E-state index contributed by atoms with van der Waals surface area (Å²) in [6, 6.07) is 13.2. The third-order valence-corrected chi connectivity index (χ3v) is 14.5. The molecule has 16 nitrogen and oxygen atoms in total. The van der Waals surface area contributed by atoms with E-state index in [1.165, 1.54) is 4.90 Å². The molecule has 7 atom stereocenters. The number of carbonyl (C=O) groups is 4. The number of benzene rings is 2. The first-order chi connectivity index (χ1) is 29.2. The van der Waals surface area contributed by atoms with Gasteiger partial charge in [0.15, 0.2) is 0 Å². The number of aromatic nitrogens is 1. The lowest BCUT2D eigenvalue weighted by molar-refractivity contribution is -0.142. The zero-order valence-corrected chi connectivity index (χ0v) is 35.5. The fraction of sp³-hybridized carbons (Fsp3) is 0.523. The van der Waals surface area contributed by atoms with Crippen LogP contribution in [0, 0.1) is 17.8 Å². The first-order valence-electron chi connectivity index (χ1n) is 21.2. The average molecular weight is 859 g/mol. The molecule has 1 aromatic heterocycles. The van der Waals surface area contributed by atoms with Gasteiger partial charge in [-0.3, -0.25) is 19.1 Å². The van der Waals surface area contributed by atoms with Crippen LogP contribution in [0.4, 0.5) is 10.5 Å². The van der Waals surface area contributed by atoms with Crippen LogP contribution in [-0.2, 0) is 29.1 Å². The smallest absolute Gasteiger partial charge is 0.405 e. The quantitative estimate of drug-likeness (QED) is 0.223. The van der Waals surface area contributed by atoms with Crippen LogP contribution in [0.25, 0.3) is 22.0 Å². The molecule has 2 aromatic carbocycles. The van der Waals surface area contributed by atoms with Gasteiger partial charge in [0, 0.05) is 42.1 Å². The Bertz CT molecular complexity index is 2310. The molecule has 61 heavy (non-hydrogen) atoms. The van der Waals surface area contributed by atoms with Crippen LogP contribution in [-0.4, -0.2) is 116 Å². The Labute approximate surface area is 355 Å². The lowest BCUT2D eigenvalue weighted by Crippen LogP contribution is -2.59. The van der Waals surface area contributed by atoms with Gasteiger partial charge < -0.3 is 39.8 Å². The van der Waals surface area contributed by atoms with E-state index < -0.39 is 74.7 Å². The lowest BCUT2D eigenvalue weighted by atomic mass is 9.88. The van der Waals surface area contributed by atoms with Crippen molar-refractivity contribution in [1.29, 1.82) is 0 Å². The van der Waals surface area contributed by atoms with E-state index in [4.69, 9.17) is 19.2 Å². The van der Waals surface area contributed by atoms with Crippen LogP contribution in [0.3, 0.4) is 0 Å². The maximum absolute atomic E-state index is 14.7. The molecule has 3 aromatic rings. The summed E-state index contributed by atoms with van der Waals surface area (Å²) in [7, 11) is -2.35. The number of anilines is 1. The number of ether oxygens (including phenoxy) is 3. The van der Waals surface area contributed by atoms with Crippen LogP contribution in [0.15, 0.2) is 60.7 Å². The Morgan fingerprint density at radius 1 is 1.02 bits per heavy atom. The summed E-state index contributed by atoms with van der Waals surface area (Å²) >= 11 is 0. The Hall–Kier alpha value is -5.42. The second kappa shape index (κ2) is 17.2. The van der Waals surface area contributed by atoms with Crippen LogP contribution < -0.4 is 29.7 Å². The predicted octanol–water partition coefficient (Wildman–Crippen LogP) is 4.23. The summed E-state index contributed by atoms with van der Waals surface area (Å²) in [5, 5.41) is 16.0. The molecule has 5 aliphatic rings. The van der Waals surface area contributed by atoms with Crippen molar-refractivity contribution in [3.63, 3.8) is 0 Å². The van der Waals surface area contributed by atoms with Crippen molar-refractivity contribution in [3.05, 3.63) is 60.7 Å². The second-order valence-electron chi connectivity index (χ2n) is 17.2. The minimum absolute atomic E-state index is 0.0153. The summed E-state index contributed by atoms with van der Waals surface area (Å²) in [4.78, 5) is 63.8. The van der Waals surface area contributed by atoms with Gasteiger partial charge in [-0.15, -0.1) is 0 Å². The van der Waals surface area contributed by atoms with Crippen LogP contribution in [0.1, 0.15) is 58.8 Å². The zero-order valence-electron chi connectivity index (χ0n) is 34.7. The van der Waals surface area contributed by atoms with E-state index in [0.29, 0.717) is 55.7 Å². The van der Waals surface area contributed by atoms with Gasteiger partial charge in [-0.05, 0) is 92.1 Å². The molecule has 3 aliphatic heterocycles. The van der Waals surface area contributed by atoms with Gasteiger partial charge in [0.05, 0.1) is 37.8 Å². The molecule has 4 heterocycles. The fourth-order valence-electron chi connectivity index (χ4n) is 9.02. The van der Waals surface area contributed by atoms with E-state index in [1.54, 1.807) is 13.2 Å². The van der Waals surface area contributed by atoms with E-state index in [2.05, 4.69) is 20.3 Å². The zero-order chi connectivity index (χ0) is 43.1. The first kappa shape index (κ1) is 42.3. The van der Waals surface area contributed by atoms with Crippen molar-refractivity contribution in [2.24, 2.45) is 17.8 Å². The Morgan fingerprint density at radius 2 is 1.77 bits per heavy atom. The number of hydrogen-bond donors (Lipinski definition) is 4. The van der Waals surface area contributed by atoms with Gasteiger partial charge in [0.1, 0.15) is 29.5 Å². The van der Waals surface area contributed by atoms with Crippen LogP contribution in [0.2, 0.25) is 0 Å². The van der Waals surface area contributed by atoms with Crippen molar-refractivity contribution in [2.45, 2.75) is 87.8 Å². The number of nitrogens with one attached hydrogen (secondary N) is 3. The molecule has 0 spiro atoms. The molecular weight excluding hydrogens is 805 g/mol. The van der Waals surface area contributed by atoms with E-state index >= 15 is 0 Å². The third-order valence-electron chi connectivity index (χ3n) is 12.7. The summed E-state index contributed by atoms with van der Waals surface area (Å²) in [6.45, 7) is 6.69. The van der Waals surface area contributed by atoms with E-state index in [-0.39, 0.29) is 31.2 Å². The second-order valence-corrected chi connectivity index (χ2v) is 19.2. The summed E-state index contributed by atoms with van der Waals surface area (Å²) in [6.07, 6.45) is 4.61. The average Bonchev–Trinajstić information content (AvgIpc) is 4.18. The highest BCUT2D eigenvalue weighted by molar-refractivity contribution is 7.91. The normalized spacial score (nSPS) is 28.4. The first-order valence-corrected chi connectivity index (χ1v) is 22.7. The molecule has 17 heteroatoms. The SMILES string of the molecule is COc1ccc2c(O[C@@H]3C[C@H]4C(=O)N[C@]5(C(=O)NS(=O)(=O)C6CC6)C[C@H]5C=CCC[C@@H](C)C[C@@H](C)[C@H](NC(=O)O)C(=O)N4C3)nc(-c3ccc(N4CCOCC4)cc3)cc2c1. The number of methoxy groups -OCH3 is 1. The Balaban J connectivity index is 1.13. The molecule has 2 saturated carbocycles. The standard InChI is InChI=1S/C44H54N6O10S/c1-26-6-4-5-7-30-24-44(30,42(53)48-61(56,57)34-13-14-34)47-39(51)37-23-33(25-50(37)41(52)38(27(2)20-26)46-43(54)55)60-40-35-15-12-32(58-3)21-29(35)22-36(45-40)28-8-10-31(11-9-28)49-16-18-59-19-17-49/h5,7-12,15,21-22,26-27,30,33-34,37-38,46H,4,6,13-14,16-20,23-25H2,1-3H3,(H,47,51)(H,48,53)(H,54,55)/t26-,27-,30-,33-,37+,38+,44-/m1/s1. The molecule has 0 radical (unpaired) electrons. The van der Waals surface area contributed by atoms with Crippen molar-refractivity contribution in [3.8, 4) is 22.9 Å². The Kier molecular flexibility index (Phi) is 11.9. The number of carboxylic acid groups (broad SMARTS) is 1. The third kappa shape index (κ3) is 9.13. The van der Waals surface area contributed by atoms with Crippen molar-refractivity contribution in [1.82, 2.24) is 25.2 Å². The van der Waals surface area contributed by atoms with E-state index in [9.17, 15) is 32.7 Å². The summed E-state index contributed by atoms with van der Waals surface area (Å²) in [5.74, 6) is -1.98. The minimum Gasteiger partial charge on any atom is -0.497 e. The highest BCUT2D eigenvalue weighted by Crippen LogP contribution is 2.46. The van der Waals surface area contributed by atoms with E-state index in [0.717, 1.165) is 36.1 Å². The molecule has 0 bridgehead atoms. The van der Waals surface area contributed by atoms with Gasteiger partial charge in [-0.25, -0.2) is 18.2 Å². The maximum atomic E-state index is 14.7. The molecule has 4 amide bonds. The molecule has 4 fully saturated rings. The fourth-order valence-corrected chi connectivity index (χ4v) is 10.4. The van der Waals surface area contributed by atoms with Crippen molar-refractivity contribution in [2.75, 3.05) is 44.9 Å². The van der Waals surface area contributed by atoms with Crippen LogP contribution in [0.5, 0.6) is 11.6 Å². The van der Waals surface area contributed by atoms with Gasteiger partial charge >= 0.3 is 6.09 Å². The monoisotopic (exact) mass is 858 g/mol. The number of amides is 4. The molecule has 8 rings (SSSR count). The summed E-state index contributed by atoms with van der Waals surface area (Å²) < 4.78 is 45.9. The topological polar surface area (TPSA) is 206 Å². The highest BCUT2D eigenvalue weighted by atomic mass is 32.2. The number of rotatable bonds is 9. The van der Waals surface area contributed by atoms with Gasteiger partial charge in [-0.2, -0.15) is 0 Å². The molecular formula is C44H54N6O10S. The van der Waals surface area contributed by atoms with Crippen molar-refractivity contribution >= 4 is 50.3 Å².